The maximum absolute atomic E-state index is 8.87. The normalized spacial score (nSPS) is 8.11. The molecule has 0 fully saturated rings. The first-order valence-electron chi connectivity index (χ1n) is 2.24. The van der Waals surface area contributed by atoms with Gasteiger partial charge in [-0.3, -0.25) is 0 Å². The minimum Gasteiger partial charge on any atom is -1.00 e. The molecule has 0 saturated heterocycles. The van der Waals surface area contributed by atoms with Gasteiger partial charge in [0.2, 0.25) is 0 Å². The maximum Gasteiger partial charge on any atom is 2.00 e. The van der Waals surface area contributed by atoms with Crippen LogP contribution in [0.1, 0.15) is 2.85 Å². The summed E-state index contributed by atoms with van der Waals surface area (Å²) in [6.07, 6.45) is 0. The van der Waals surface area contributed by atoms with E-state index in [2.05, 4.69) is 15.9 Å². The van der Waals surface area contributed by atoms with Crippen molar-refractivity contribution in [1.82, 2.24) is 0 Å². The molecule has 0 aromatic heterocycles. The summed E-state index contributed by atoms with van der Waals surface area (Å²) < 4.78 is 0.736. The molecule has 0 atom stereocenters. The predicted octanol–water partition coefficient (Wildman–Crippen LogP) is 2.00. The van der Waals surface area contributed by atoms with E-state index in [4.69, 9.17) is 5.11 Å². The Morgan fingerprint density at radius 3 is 2.22 bits per heavy atom. The van der Waals surface area contributed by atoms with Crippen molar-refractivity contribution >= 4 is 53.7 Å². The SMILES string of the molecule is Oc1ccccc1Br.[Ca+2].[H-].[H-]. The zero-order valence-corrected chi connectivity index (χ0v) is 8.64. The van der Waals surface area contributed by atoms with Gasteiger partial charge in [-0.1, -0.05) is 12.1 Å². The average Bonchev–Trinajstić information content (AvgIpc) is 1.77. The maximum atomic E-state index is 8.87. The van der Waals surface area contributed by atoms with Crippen LogP contribution in [0.25, 0.3) is 0 Å². The van der Waals surface area contributed by atoms with Gasteiger partial charge in [-0.25, -0.2) is 0 Å². The van der Waals surface area contributed by atoms with Gasteiger partial charge < -0.3 is 7.96 Å². The zero-order chi connectivity index (χ0) is 5.98. The number of halogens is 1. The Hall–Kier alpha value is 0.760. The Bertz CT molecular complexity index is 177. The summed E-state index contributed by atoms with van der Waals surface area (Å²) in [5.74, 6) is 0.285. The summed E-state index contributed by atoms with van der Waals surface area (Å²) in [5.41, 5.74) is 0. The zero-order valence-electron chi connectivity index (χ0n) is 6.84. The van der Waals surface area contributed by atoms with Crippen molar-refractivity contribution in [1.29, 1.82) is 0 Å². The summed E-state index contributed by atoms with van der Waals surface area (Å²) in [6, 6.07) is 7.04. The molecule has 0 aliphatic carbocycles. The standard InChI is InChI=1S/C6H5BrO.Ca.2H/c7-5-3-1-2-4-6(5)8;;;/h1-4,8H;;;/q;+2;2*-1. The Kier molecular flexibility index (Phi) is 4.94. The first-order valence-corrected chi connectivity index (χ1v) is 3.03. The molecule has 0 bridgehead atoms. The Balaban J connectivity index is -0.000000213. The van der Waals surface area contributed by atoms with Gasteiger partial charge in [-0.2, -0.15) is 0 Å². The number of hydrogen-bond acceptors (Lipinski definition) is 1. The second-order valence-electron chi connectivity index (χ2n) is 1.45. The first-order chi connectivity index (χ1) is 3.80. The smallest absolute Gasteiger partial charge is 1.00 e. The van der Waals surface area contributed by atoms with Gasteiger partial charge >= 0.3 is 37.7 Å². The van der Waals surface area contributed by atoms with Crippen molar-refractivity contribution in [3.63, 3.8) is 0 Å². The topological polar surface area (TPSA) is 20.2 Å². The van der Waals surface area contributed by atoms with Crippen LogP contribution in [0.2, 0.25) is 0 Å². The Morgan fingerprint density at radius 1 is 1.33 bits per heavy atom. The quantitative estimate of drug-likeness (QED) is 0.656. The number of phenols is 1. The molecule has 0 unspecified atom stereocenters. The molecule has 1 nitrogen and oxygen atoms in total. The molecule has 0 heterocycles. The van der Waals surface area contributed by atoms with Gasteiger partial charge in [-0.15, -0.1) is 0 Å². The van der Waals surface area contributed by atoms with Crippen LogP contribution in [0.3, 0.4) is 0 Å². The number of hydrogen-bond donors (Lipinski definition) is 1. The van der Waals surface area contributed by atoms with Gasteiger partial charge in [0.1, 0.15) is 5.75 Å². The monoisotopic (exact) mass is 214 g/mol. The van der Waals surface area contributed by atoms with Crippen molar-refractivity contribution in [3.8, 4) is 5.75 Å². The molecular formula is C6H7BrCaO. The number of benzene rings is 1. The summed E-state index contributed by atoms with van der Waals surface area (Å²) in [4.78, 5) is 0. The van der Waals surface area contributed by atoms with E-state index in [0.29, 0.717) is 0 Å². The van der Waals surface area contributed by atoms with E-state index in [1.807, 2.05) is 6.07 Å². The Morgan fingerprint density at radius 2 is 1.89 bits per heavy atom. The van der Waals surface area contributed by atoms with Crippen molar-refractivity contribution in [2.24, 2.45) is 0 Å². The Labute approximate surface area is 95.2 Å². The molecule has 1 aromatic rings. The van der Waals surface area contributed by atoms with Gasteiger partial charge in [0, 0.05) is 0 Å². The summed E-state index contributed by atoms with van der Waals surface area (Å²) >= 11 is 3.15. The number of aromatic hydroxyl groups is 1. The van der Waals surface area contributed by atoms with Gasteiger partial charge in [0.15, 0.2) is 0 Å². The molecule has 1 aromatic carbocycles. The second kappa shape index (κ2) is 4.56. The largest absolute Gasteiger partial charge is 2.00 e. The second-order valence-corrected chi connectivity index (χ2v) is 2.31. The van der Waals surface area contributed by atoms with Crippen LogP contribution >= 0.6 is 15.9 Å². The van der Waals surface area contributed by atoms with Gasteiger partial charge in [-0.05, 0) is 28.1 Å². The van der Waals surface area contributed by atoms with E-state index in [9.17, 15) is 0 Å². The van der Waals surface area contributed by atoms with Crippen LogP contribution in [-0.4, -0.2) is 42.8 Å². The van der Waals surface area contributed by atoms with Gasteiger partial charge in [0.25, 0.3) is 0 Å². The molecular weight excluding hydrogens is 208 g/mol. The minimum absolute atomic E-state index is 0. The molecule has 3 heteroatoms. The fourth-order valence-corrected chi connectivity index (χ4v) is 0.737. The summed E-state index contributed by atoms with van der Waals surface area (Å²) in [6.45, 7) is 0. The van der Waals surface area contributed by atoms with Crippen LogP contribution in [0.15, 0.2) is 28.7 Å². The summed E-state index contributed by atoms with van der Waals surface area (Å²) in [5, 5.41) is 8.87. The van der Waals surface area contributed by atoms with Crippen molar-refractivity contribution in [2.45, 2.75) is 0 Å². The average molecular weight is 215 g/mol. The summed E-state index contributed by atoms with van der Waals surface area (Å²) in [7, 11) is 0. The van der Waals surface area contributed by atoms with Crippen LogP contribution in [0.5, 0.6) is 5.75 Å². The molecule has 0 aliphatic rings. The van der Waals surface area contributed by atoms with Crippen LogP contribution < -0.4 is 0 Å². The van der Waals surface area contributed by atoms with Crippen molar-refractivity contribution in [3.05, 3.63) is 28.7 Å². The van der Waals surface area contributed by atoms with Crippen molar-refractivity contribution < 1.29 is 7.96 Å². The van der Waals surface area contributed by atoms with E-state index in [1.165, 1.54) is 0 Å². The molecule has 0 spiro atoms. The van der Waals surface area contributed by atoms with Crippen LogP contribution in [0, 0.1) is 0 Å². The molecule has 0 saturated carbocycles. The van der Waals surface area contributed by atoms with E-state index in [0.717, 1.165) is 4.47 Å². The van der Waals surface area contributed by atoms with Crippen LogP contribution in [0.4, 0.5) is 0 Å². The minimum atomic E-state index is 0. The third kappa shape index (κ3) is 2.89. The van der Waals surface area contributed by atoms with E-state index in [-0.39, 0.29) is 46.3 Å². The molecule has 0 radical (unpaired) electrons. The number of phenolic OH excluding ortho intramolecular Hbond substituents is 1. The predicted molar refractivity (Wildman–Crippen MR) is 43.8 cm³/mol. The van der Waals surface area contributed by atoms with E-state index in [1.54, 1.807) is 18.2 Å². The number of para-hydroxylation sites is 1. The van der Waals surface area contributed by atoms with Crippen molar-refractivity contribution in [2.75, 3.05) is 0 Å². The number of rotatable bonds is 0. The molecule has 0 amide bonds. The fraction of sp³-hybridized carbons (Fsp3) is 0. The molecule has 9 heavy (non-hydrogen) atoms. The third-order valence-corrected chi connectivity index (χ3v) is 1.52. The molecule has 46 valence electrons. The van der Waals surface area contributed by atoms with E-state index < -0.39 is 0 Å². The molecule has 1 N–H and O–H groups in total. The molecule has 0 aliphatic heterocycles. The van der Waals surface area contributed by atoms with Crippen LogP contribution in [-0.2, 0) is 0 Å². The van der Waals surface area contributed by atoms with Gasteiger partial charge in [0.05, 0.1) is 4.47 Å². The first kappa shape index (κ1) is 9.76. The fourth-order valence-electron chi connectivity index (χ4n) is 0.452. The molecule has 1 rings (SSSR count). The third-order valence-electron chi connectivity index (χ3n) is 0.852. The van der Waals surface area contributed by atoms with E-state index >= 15 is 0 Å².